The van der Waals surface area contributed by atoms with Crippen LogP contribution in [0.2, 0.25) is 5.82 Å². The number of aromatic amines is 1. The molecule has 9 rings (SSSR count). The lowest BCUT2D eigenvalue weighted by atomic mass is 9.50. The van der Waals surface area contributed by atoms with Gasteiger partial charge in [0.25, 0.3) is 0 Å². The van der Waals surface area contributed by atoms with Crippen molar-refractivity contribution >= 4 is 13.1 Å². The van der Waals surface area contributed by atoms with Crippen molar-refractivity contribution in [2.24, 2.45) is 16.7 Å². The third-order valence-corrected chi connectivity index (χ3v) is 13.5. The van der Waals surface area contributed by atoms with E-state index in [0.717, 1.165) is 32.1 Å². The van der Waals surface area contributed by atoms with Crippen molar-refractivity contribution in [3.8, 4) is 0 Å². The van der Waals surface area contributed by atoms with E-state index in [1.807, 2.05) is 6.92 Å². The fourth-order valence-electron chi connectivity index (χ4n) is 11.8. The highest BCUT2D eigenvalue weighted by atomic mass is 16.7. The Hall–Kier alpha value is -1.73. The van der Waals surface area contributed by atoms with Crippen LogP contribution in [0.25, 0.3) is 0 Å². The van der Waals surface area contributed by atoms with Gasteiger partial charge in [-0.1, -0.05) is 59.5 Å². The van der Waals surface area contributed by atoms with Crippen molar-refractivity contribution in [3.63, 3.8) is 0 Å². The molecule has 0 amide bonds. The van der Waals surface area contributed by atoms with Gasteiger partial charge in [0, 0.05) is 18.0 Å². The summed E-state index contributed by atoms with van der Waals surface area (Å²) in [6.45, 7) is 11.2. The number of esters is 1. The van der Waals surface area contributed by atoms with Crippen LogP contribution in [0.4, 0.5) is 0 Å². The molecule has 8 aliphatic rings. The number of rotatable bonds is 4. The zero-order valence-corrected chi connectivity index (χ0v) is 24.8. The third kappa shape index (κ3) is 2.26. The van der Waals surface area contributed by atoms with E-state index in [-0.39, 0.29) is 17.9 Å². The number of nitrogens with one attached hydrogen (secondary N) is 1. The molecular weight excluding hydrogens is 541 g/mol. The Labute approximate surface area is 245 Å². The lowest BCUT2D eigenvalue weighted by molar-refractivity contribution is -0.388. The van der Waals surface area contributed by atoms with E-state index in [2.05, 4.69) is 11.6 Å². The summed E-state index contributed by atoms with van der Waals surface area (Å²) in [7, 11) is -0.802. The maximum Gasteiger partial charge on any atom is 0.461 e. The molecule has 1 aromatic rings. The number of hydrogen-bond acceptors (Lipinski definition) is 9. The second-order valence-corrected chi connectivity index (χ2v) is 14.9. The SMILES string of the molecule is C=C1CC[C@@]23OB(C4CCCCC4)O[C@@]45C(OC(=O)c6ccc[nH]6)[C@](O)(C(C)C)[C@@]6(C)[C@]4(O)[C@@]2(O[C@@]6(O)C[C@@]35C)[C@@H]1O. The molecule has 42 heavy (non-hydrogen) atoms. The molecule has 5 aliphatic carbocycles. The average molecular weight is 583 g/mol. The molecule has 0 radical (unpaired) electrons. The molecule has 8 fully saturated rings. The van der Waals surface area contributed by atoms with E-state index in [0.29, 0.717) is 18.4 Å². The van der Waals surface area contributed by atoms with Gasteiger partial charge in [0.1, 0.15) is 28.6 Å². The summed E-state index contributed by atoms with van der Waals surface area (Å²) in [6, 6.07) is 3.26. The Balaban J connectivity index is 1.45. The van der Waals surface area contributed by atoms with Crippen LogP contribution in [0.3, 0.4) is 0 Å². The Kier molecular flexibility index (Phi) is 5.12. The Morgan fingerprint density at radius 3 is 2.50 bits per heavy atom. The van der Waals surface area contributed by atoms with Gasteiger partial charge in [0.15, 0.2) is 17.5 Å². The summed E-state index contributed by atoms with van der Waals surface area (Å²) >= 11 is 0. The number of aliphatic hydroxyl groups excluding tert-OH is 1. The van der Waals surface area contributed by atoms with Gasteiger partial charge < -0.3 is 44.2 Å². The molecule has 10 nitrogen and oxygen atoms in total. The Morgan fingerprint density at radius 1 is 1.14 bits per heavy atom. The molecule has 4 heterocycles. The predicted octanol–water partition coefficient (Wildman–Crippen LogP) is 2.62. The van der Waals surface area contributed by atoms with E-state index in [1.54, 1.807) is 39.1 Å². The van der Waals surface area contributed by atoms with Crippen molar-refractivity contribution in [2.75, 3.05) is 0 Å². The minimum atomic E-state index is -2.25. The molecule has 3 spiro atoms. The number of H-pyrrole nitrogens is 1. The smallest absolute Gasteiger partial charge is 0.451 e. The molecular formula is C31H42BNO9. The third-order valence-electron chi connectivity index (χ3n) is 13.5. The highest BCUT2D eigenvalue weighted by Crippen LogP contribution is 2.93. The van der Waals surface area contributed by atoms with Gasteiger partial charge in [-0.2, -0.15) is 0 Å². The van der Waals surface area contributed by atoms with E-state index >= 15 is 0 Å². The first-order chi connectivity index (χ1) is 19.7. The van der Waals surface area contributed by atoms with Crippen LogP contribution in [0.15, 0.2) is 30.5 Å². The van der Waals surface area contributed by atoms with Gasteiger partial charge in [-0.15, -0.1) is 0 Å². The summed E-state index contributed by atoms with van der Waals surface area (Å²) < 4.78 is 27.3. The maximum atomic E-state index is 13.8. The number of carbonyl (C=O) groups excluding carboxylic acids is 1. The molecule has 0 aromatic carbocycles. The number of aromatic nitrogens is 1. The predicted molar refractivity (Wildman–Crippen MR) is 149 cm³/mol. The van der Waals surface area contributed by atoms with Crippen LogP contribution in [0, 0.1) is 16.7 Å². The van der Waals surface area contributed by atoms with Crippen molar-refractivity contribution in [3.05, 3.63) is 36.2 Å². The van der Waals surface area contributed by atoms with Crippen LogP contribution in [-0.2, 0) is 18.8 Å². The number of hydrogen-bond donors (Lipinski definition) is 5. The molecule has 3 saturated heterocycles. The topological polar surface area (TPSA) is 151 Å². The van der Waals surface area contributed by atoms with Gasteiger partial charge in [-0.05, 0) is 49.2 Å². The minimum Gasteiger partial charge on any atom is -0.451 e. The van der Waals surface area contributed by atoms with E-state index < -0.39 is 75.8 Å². The second kappa shape index (κ2) is 7.73. The summed E-state index contributed by atoms with van der Waals surface area (Å²) in [5.41, 5.74) is -11.8. The first kappa shape index (κ1) is 27.8. The van der Waals surface area contributed by atoms with Crippen molar-refractivity contribution in [1.82, 2.24) is 4.98 Å². The molecule has 7 bridgehead atoms. The molecule has 1 unspecified atom stereocenters. The van der Waals surface area contributed by atoms with Crippen LogP contribution >= 0.6 is 0 Å². The standard InChI is InChI=1S/C31H42BNO9/c1-17(2)28(37)23(39-22(35)20-12-9-15-33-20)30-24(4)16-27(36)25(28,5)31(30,38)29(40-27)21(34)18(3)13-14-26(24,29)41-32(42-30)19-10-7-6-8-11-19/h9,12,15,17,19,21,23,33-34,36-38H,3,6-8,10-11,13-14,16H2,1-2,4-5H3/t21-,23?,24+,25+,26+,27+,28-,29-,30-,31+/m1/s1. The quantitative estimate of drug-likeness (QED) is 0.205. The summed E-state index contributed by atoms with van der Waals surface area (Å²) in [5, 5.41) is 51.5. The Morgan fingerprint density at radius 2 is 1.86 bits per heavy atom. The fraction of sp³-hybridized carbons (Fsp3) is 0.774. The number of carbonyl (C=O) groups is 1. The summed E-state index contributed by atoms with van der Waals surface area (Å²) in [4.78, 5) is 16.6. The molecule has 3 aliphatic heterocycles. The van der Waals surface area contributed by atoms with Crippen LogP contribution in [0.5, 0.6) is 0 Å². The minimum absolute atomic E-state index is 0.00383. The van der Waals surface area contributed by atoms with Gasteiger partial charge in [-0.25, -0.2) is 4.79 Å². The van der Waals surface area contributed by atoms with Crippen LogP contribution in [0.1, 0.15) is 89.5 Å². The second-order valence-electron chi connectivity index (χ2n) is 14.9. The summed E-state index contributed by atoms with van der Waals surface area (Å²) in [5.74, 6) is -3.47. The van der Waals surface area contributed by atoms with Crippen molar-refractivity contribution < 1.29 is 44.0 Å². The van der Waals surface area contributed by atoms with Gasteiger partial charge in [0.05, 0.1) is 11.0 Å². The molecule has 228 valence electrons. The highest BCUT2D eigenvalue weighted by molar-refractivity contribution is 6.47. The highest BCUT2D eigenvalue weighted by Gasteiger charge is 3.12. The number of ether oxygens (including phenoxy) is 2. The van der Waals surface area contributed by atoms with Gasteiger partial charge >= 0.3 is 13.1 Å². The van der Waals surface area contributed by atoms with Crippen LogP contribution in [-0.4, -0.2) is 84.5 Å². The lowest BCUT2D eigenvalue weighted by Gasteiger charge is -2.66. The fourth-order valence-corrected chi connectivity index (χ4v) is 11.8. The van der Waals surface area contributed by atoms with E-state index in [9.17, 15) is 25.2 Å². The molecule has 5 N–H and O–H groups in total. The van der Waals surface area contributed by atoms with Crippen molar-refractivity contribution in [1.29, 1.82) is 0 Å². The zero-order chi connectivity index (χ0) is 29.9. The van der Waals surface area contributed by atoms with Gasteiger partial charge in [-0.3, -0.25) is 0 Å². The normalized spacial score (nSPS) is 54.1. The van der Waals surface area contributed by atoms with Crippen LogP contribution < -0.4 is 0 Å². The molecule has 10 atom stereocenters. The first-order valence-corrected chi connectivity index (χ1v) is 15.6. The molecule has 11 heteroatoms. The van der Waals surface area contributed by atoms with E-state index in [1.165, 1.54) is 0 Å². The van der Waals surface area contributed by atoms with E-state index in [4.69, 9.17) is 18.8 Å². The number of aliphatic hydroxyl groups is 4. The monoisotopic (exact) mass is 583 g/mol. The zero-order valence-electron chi connectivity index (χ0n) is 24.8. The molecule has 1 aromatic heterocycles. The van der Waals surface area contributed by atoms with Crippen molar-refractivity contribution in [2.45, 2.75) is 131 Å². The largest absolute Gasteiger partial charge is 0.461 e. The summed E-state index contributed by atoms with van der Waals surface area (Å²) in [6.07, 6.45) is 4.31. The molecule has 5 saturated carbocycles. The maximum absolute atomic E-state index is 13.8. The Bertz CT molecular complexity index is 1380. The van der Waals surface area contributed by atoms with Gasteiger partial charge in [0.2, 0.25) is 0 Å². The lowest BCUT2D eigenvalue weighted by Crippen LogP contribution is -2.78. The first-order valence-electron chi connectivity index (χ1n) is 15.6. The average Bonchev–Trinajstić information content (AvgIpc) is 3.56.